The third kappa shape index (κ3) is 36.4. The van der Waals surface area contributed by atoms with Gasteiger partial charge in [-0.25, -0.2) is 0 Å². The number of aromatic nitrogens is 2. The summed E-state index contributed by atoms with van der Waals surface area (Å²) in [5.74, 6) is -23.2. The van der Waals surface area contributed by atoms with Crippen LogP contribution >= 0.6 is 0 Å². The van der Waals surface area contributed by atoms with Gasteiger partial charge in [-0.05, 0) is 112 Å². The highest BCUT2D eigenvalue weighted by Crippen LogP contribution is 2.23. The first-order chi connectivity index (χ1) is 62.2. The summed E-state index contributed by atoms with van der Waals surface area (Å²) in [6.45, 7) is -0.0297. The molecule has 3 heterocycles. The van der Waals surface area contributed by atoms with Crippen molar-refractivity contribution in [2.45, 2.75) is 202 Å². The molecule has 0 saturated carbocycles. The minimum absolute atomic E-state index is 0.126. The zero-order chi connectivity index (χ0) is 96.6. The number of hydrogen-bond acceptors (Lipinski definition) is 25. The number of guanidine groups is 1. The third-order valence-corrected chi connectivity index (χ3v) is 20.4. The molecule has 34 N–H and O–H groups in total. The van der Waals surface area contributed by atoms with Gasteiger partial charge in [0.05, 0.1) is 32.1 Å². The van der Waals surface area contributed by atoms with Gasteiger partial charge in [-0.2, -0.15) is 0 Å². The quantitative estimate of drug-likeness (QED) is 0.00977. The number of primary amides is 4. The van der Waals surface area contributed by atoms with Crippen LogP contribution in [0.5, 0.6) is 5.75 Å². The number of nitrogens with two attached hydrogens (primary N) is 6. The first-order valence-corrected chi connectivity index (χ1v) is 41.9. The second kappa shape index (κ2) is 53.0. The number of aliphatic carboxylic acids is 1. The lowest BCUT2D eigenvalue weighted by Gasteiger charge is -2.29. The number of para-hydroxylation sites is 2. The normalized spacial score (nSPS) is 18.0. The number of amides is 19. The molecular weight excluding hydrogens is 1720 g/mol. The van der Waals surface area contributed by atoms with Gasteiger partial charge in [-0.1, -0.05) is 48.5 Å². The van der Waals surface area contributed by atoms with Crippen LogP contribution in [0.15, 0.2) is 85.2 Å². The Bertz CT molecular complexity index is 4930. The molecule has 19 amide bonds. The summed E-state index contributed by atoms with van der Waals surface area (Å²) in [6, 6.07) is -3.18. The van der Waals surface area contributed by atoms with Crippen LogP contribution in [0.25, 0.3) is 21.8 Å². The molecule has 1 aliphatic rings. The van der Waals surface area contributed by atoms with E-state index in [-0.39, 0.29) is 43.9 Å². The minimum Gasteiger partial charge on any atom is -0.508 e. The highest BCUT2D eigenvalue weighted by atomic mass is 16.5. The summed E-state index contributed by atoms with van der Waals surface area (Å²) in [4.78, 5) is 282. The molecule has 1 aliphatic heterocycles. The molecule has 49 nitrogen and oxygen atoms in total. The number of fused-ring (bicyclic) bond motifs is 2. The van der Waals surface area contributed by atoms with E-state index in [9.17, 15) is 87.2 Å². The molecule has 49 heteroatoms. The van der Waals surface area contributed by atoms with Gasteiger partial charge in [0.15, 0.2) is 5.96 Å². The summed E-state index contributed by atoms with van der Waals surface area (Å²) in [5, 5.41) is 79.1. The average Bonchev–Trinajstić information content (AvgIpc) is 1.68. The lowest BCUT2D eigenvalue weighted by molar-refractivity contribution is -0.139. The number of aliphatic hydroxyl groups excluding tert-OH is 1. The number of phenolic OH excluding ortho intramolecular Hbond substituents is 1. The monoisotopic (exact) mass is 1830 g/mol. The van der Waals surface area contributed by atoms with Gasteiger partial charge in [0.25, 0.3) is 0 Å². The number of carboxylic acid groups (broad SMARTS) is 1. The Balaban J connectivity index is 1.36. The molecule has 1 saturated heterocycles. The molecule has 0 unspecified atom stereocenters. The maximum Gasteiger partial charge on any atom is 0.303 e. The summed E-state index contributed by atoms with van der Waals surface area (Å²) >= 11 is 0. The largest absolute Gasteiger partial charge is 0.508 e. The van der Waals surface area contributed by atoms with Crippen molar-refractivity contribution >= 4 is 146 Å². The molecule has 3 aromatic carbocycles. The number of hydrogen-bond donors (Lipinski definition) is 28. The van der Waals surface area contributed by atoms with Crippen molar-refractivity contribution in [1.82, 2.24) is 95.0 Å². The number of rotatable bonds is 47. The van der Waals surface area contributed by atoms with Crippen LogP contribution in [0.1, 0.15) is 120 Å². The van der Waals surface area contributed by atoms with E-state index in [1.165, 1.54) is 36.7 Å². The van der Waals surface area contributed by atoms with Crippen LogP contribution in [-0.4, -0.2) is 274 Å². The molecule has 131 heavy (non-hydrogen) atoms. The van der Waals surface area contributed by atoms with Crippen LogP contribution in [-0.2, 0) is 120 Å². The fourth-order valence-corrected chi connectivity index (χ4v) is 13.6. The SMILES string of the molecule is CC(=O)N[C@@H]1CCNC(=O)C[C@H](C(=O)N[C@@H](Cc2ccc(O)cc2)C(=O)N[C@@H](Cc2c[nH]c3ccccc23)C(=O)N[C@@H](CCCNC(=N)N)C(=O)N[C@@H](CCC(=O)O)C(=O)N[C@@H](CC(N)=O)C(=O)NCC(=O)NCCOCC(=O)N[C@H](CCCCN)C(N)=O)NC(=O)[C@H](CCC(N)=O)NC(=O)[C@H](Cc2c[nH]c3ccccc23)NC(=O)[C@H]([C@@H](C)O)NC(=O)[C@H](CCC(N)=O)NC1=O. The van der Waals surface area contributed by atoms with E-state index < -0.39 is 306 Å². The number of phenols is 1. The standard InChI is InChI=1S/C82H115N25O24/c1-41(108)69-81(130)106-59(34-45-38-94-50-13-6-4-11-48(45)50)79(128)101-53(20-23-62(84)111)73(122)105-61(36-65(114)90-29-26-56(96-42(2)109)75(124)99-54(76(125)107-69)21-24-63(85)112)80(129)102-57(32-43-16-18-46(110)19-17-43)77(126)103-58(33-44-37-93-49-12-5-3-10-47(44)49)78(127)98-52(15-9-28-92-82(88)89)72(121)100-55(22-25-68(117)118)74(123)104-60(35-64(86)113)71(120)95-39-66(115)91-30-31-131-40-67(116)97-51(70(87)119)14-7-8-27-83/h3-6,10-13,16-19,37-38,41,51-61,69,93-94,108,110H,7-9,14-15,20-36,39-40,83H2,1-2H3,(H2,84,111)(H2,85,112)(H2,86,113)(H2,87,119)(H,90,114)(H,91,115)(H,95,120)(H,96,109)(H,97,116)(H,98,127)(H,99,124)(H,100,121)(H,101,128)(H,102,129)(H,103,126)(H,104,123)(H,105,122)(H,106,130)(H,107,125)(H,117,118)(H4,88,89,92)/t41-,51-,52+,53+,54+,55+,56-,57+,58+,59+,60+,61-,69+/m1/s1. The average molecular weight is 1830 g/mol. The molecule has 712 valence electrons. The van der Waals surface area contributed by atoms with E-state index in [2.05, 4.69) is 95.0 Å². The van der Waals surface area contributed by atoms with E-state index in [4.69, 9.17) is 44.5 Å². The number of nitrogens with one attached hydrogen (secondary N) is 19. The predicted molar refractivity (Wildman–Crippen MR) is 464 cm³/mol. The van der Waals surface area contributed by atoms with E-state index in [0.29, 0.717) is 52.3 Å². The van der Waals surface area contributed by atoms with Gasteiger partial charge in [0.2, 0.25) is 112 Å². The van der Waals surface area contributed by atoms with Crippen molar-refractivity contribution in [3.05, 3.63) is 102 Å². The van der Waals surface area contributed by atoms with Crippen molar-refractivity contribution in [3.63, 3.8) is 0 Å². The van der Waals surface area contributed by atoms with Crippen molar-refractivity contribution in [2.75, 3.05) is 45.9 Å². The number of unbranched alkanes of at least 4 members (excludes halogenated alkanes) is 1. The van der Waals surface area contributed by atoms with Crippen LogP contribution in [0.2, 0.25) is 0 Å². The summed E-state index contributed by atoms with van der Waals surface area (Å²) in [6.07, 6.45) is -6.00. The van der Waals surface area contributed by atoms with Crippen LogP contribution < -0.4 is 119 Å². The molecule has 0 spiro atoms. The Morgan fingerprint density at radius 2 is 1.08 bits per heavy atom. The van der Waals surface area contributed by atoms with Gasteiger partial charge < -0.3 is 149 Å². The van der Waals surface area contributed by atoms with Crippen LogP contribution in [0.3, 0.4) is 0 Å². The van der Waals surface area contributed by atoms with Crippen molar-refractivity contribution in [2.24, 2.45) is 34.4 Å². The van der Waals surface area contributed by atoms with Crippen molar-refractivity contribution in [3.8, 4) is 5.75 Å². The molecule has 2 aromatic heterocycles. The number of carboxylic acids is 1. The molecule has 5 aromatic rings. The zero-order valence-corrected chi connectivity index (χ0v) is 71.9. The molecule has 1 fully saturated rings. The van der Waals surface area contributed by atoms with Gasteiger partial charge >= 0.3 is 5.97 Å². The summed E-state index contributed by atoms with van der Waals surface area (Å²) < 4.78 is 5.27. The second-order valence-corrected chi connectivity index (χ2v) is 30.9. The smallest absolute Gasteiger partial charge is 0.303 e. The minimum atomic E-state index is -2.17. The lowest BCUT2D eigenvalue weighted by atomic mass is 10.0. The summed E-state index contributed by atoms with van der Waals surface area (Å²) in [5.41, 5.74) is 35.0. The Labute approximate surface area is 748 Å². The van der Waals surface area contributed by atoms with Crippen molar-refractivity contribution < 1.29 is 116 Å². The van der Waals surface area contributed by atoms with E-state index in [1.54, 1.807) is 48.5 Å². The number of aromatic amines is 2. The topological polar surface area (TPSA) is 815 Å². The number of aromatic hydroxyl groups is 1. The number of carbonyl (C=O) groups excluding carboxylic acids is 19. The molecule has 6 rings (SSSR count). The van der Waals surface area contributed by atoms with E-state index >= 15 is 24.0 Å². The predicted octanol–water partition coefficient (Wildman–Crippen LogP) is -9.09. The zero-order valence-electron chi connectivity index (χ0n) is 71.9. The molecule has 0 aliphatic carbocycles. The molecular formula is C82H115N25O24. The first kappa shape index (κ1) is 105. The highest BCUT2D eigenvalue weighted by Gasteiger charge is 2.40. The fraction of sp³-hybridized carbons (Fsp3) is 0.476. The van der Waals surface area contributed by atoms with Crippen LogP contribution in [0, 0.1) is 5.41 Å². The van der Waals surface area contributed by atoms with Gasteiger partial charge in [0, 0.05) is 99.3 Å². The van der Waals surface area contributed by atoms with Gasteiger partial charge in [0.1, 0.15) is 84.9 Å². The van der Waals surface area contributed by atoms with Crippen molar-refractivity contribution in [1.29, 1.82) is 5.41 Å². The second-order valence-electron chi connectivity index (χ2n) is 30.9. The molecule has 13 atom stereocenters. The molecule has 0 radical (unpaired) electrons. The lowest BCUT2D eigenvalue weighted by Crippen LogP contribution is -2.62. The number of H-pyrrole nitrogens is 2. The maximum atomic E-state index is 15.6. The maximum absolute atomic E-state index is 15.6. The first-order valence-electron chi connectivity index (χ1n) is 41.9. The number of aliphatic hydroxyl groups is 1. The third-order valence-electron chi connectivity index (χ3n) is 20.4. The number of ether oxygens (including phenoxy) is 1. The van der Waals surface area contributed by atoms with Crippen LogP contribution in [0.4, 0.5) is 0 Å². The summed E-state index contributed by atoms with van der Waals surface area (Å²) in [7, 11) is 0. The Hall–Kier alpha value is -14.9. The number of benzene rings is 3. The van der Waals surface area contributed by atoms with E-state index in [1.807, 2.05) is 0 Å². The Morgan fingerprint density at radius 3 is 1.66 bits per heavy atom. The number of carbonyl (C=O) groups is 20. The molecule has 0 bridgehead atoms. The fourth-order valence-electron chi connectivity index (χ4n) is 13.6. The van der Waals surface area contributed by atoms with E-state index in [0.717, 1.165) is 13.8 Å². The Kier molecular flexibility index (Phi) is 42.4. The Morgan fingerprint density at radius 1 is 0.542 bits per heavy atom. The van der Waals surface area contributed by atoms with Gasteiger partial charge in [-0.15, -0.1) is 0 Å². The highest BCUT2D eigenvalue weighted by molar-refractivity contribution is 6.02. The van der Waals surface area contributed by atoms with Gasteiger partial charge in [-0.3, -0.25) is 101 Å².